The Morgan fingerprint density at radius 1 is 1.09 bits per heavy atom. The lowest BCUT2D eigenvalue weighted by atomic mass is 10.1. The molecule has 1 saturated heterocycles. The number of sulfonamides is 1. The molecule has 7 N–H and O–H groups in total. The Labute approximate surface area is 203 Å². The van der Waals surface area contributed by atoms with E-state index in [-0.39, 0.29) is 10.7 Å². The van der Waals surface area contributed by atoms with E-state index in [4.69, 9.17) is 21.0 Å². The number of primary sulfonamides is 1. The predicted octanol–water partition coefficient (Wildman–Crippen LogP) is 2.27. The van der Waals surface area contributed by atoms with Crippen LogP contribution in [0.4, 0.5) is 16.2 Å². The van der Waals surface area contributed by atoms with E-state index in [1.807, 2.05) is 11.0 Å². The predicted molar refractivity (Wildman–Crippen MR) is 135 cm³/mol. The van der Waals surface area contributed by atoms with Crippen molar-refractivity contribution < 1.29 is 17.9 Å². The summed E-state index contributed by atoms with van der Waals surface area (Å²) in [6.45, 7) is 1.76. The normalized spacial score (nSPS) is 15.9. The molecule has 1 unspecified atom stereocenters. The molecule has 0 saturated carbocycles. The van der Waals surface area contributed by atoms with E-state index in [0.717, 1.165) is 5.69 Å². The number of anilines is 2. The molecule has 4 rings (SSSR count). The molecule has 0 radical (unpaired) electrons. The number of carbonyl (C=O) groups is 1. The van der Waals surface area contributed by atoms with E-state index in [2.05, 4.69) is 10.6 Å². The van der Waals surface area contributed by atoms with Crippen LogP contribution < -0.4 is 26.4 Å². The largest absolute Gasteiger partial charge is 0.424 e. The van der Waals surface area contributed by atoms with Crippen LogP contribution in [-0.4, -0.2) is 46.2 Å². The second-order valence-electron chi connectivity index (χ2n) is 7.96. The highest BCUT2D eigenvalue weighted by Crippen LogP contribution is 2.28. The number of nitrogens with one attached hydrogen (secondary N) is 3. The van der Waals surface area contributed by atoms with Crippen LogP contribution >= 0.6 is 0 Å². The summed E-state index contributed by atoms with van der Waals surface area (Å²) in [5.41, 5.74) is 8.60. The third-order valence-electron chi connectivity index (χ3n) is 5.56. The molecule has 182 valence electrons. The molecule has 0 spiro atoms. The highest BCUT2D eigenvalue weighted by atomic mass is 32.2. The first-order valence-electron chi connectivity index (χ1n) is 10.8. The van der Waals surface area contributed by atoms with Gasteiger partial charge in [0.1, 0.15) is 5.84 Å². The molecule has 35 heavy (non-hydrogen) atoms. The van der Waals surface area contributed by atoms with Gasteiger partial charge >= 0.3 is 6.09 Å². The van der Waals surface area contributed by atoms with Crippen molar-refractivity contribution in [1.29, 1.82) is 5.41 Å². The van der Waals surface area contributed by atoms with E-state index in [0.29, 0.717) is 42.0 Å². The first-order chi connectivity index (χ1) is 16.7. The van der Waals surface area contributed by atoms with E-state index < -0.39 is 22.3 Å². The zero-order valence-electron chi connectivity index (χ0n) is 18.8. The molecule has 11 heteroatoms. The molecule has 1 atom stereocenters. The van der Waals surface area contributed by atoms with Crippen LogP contribution in [0.15, 0.2) is 77.7 Å². The first-order valence-corrected chi connectivity index (χ1v) is 12.4. The summed E-state index contributed by atoms with van der Waals surface area (Å²) in [5, 5.41) is 18.9. The summed E-state index contributed by atoms with van der Waals surface area (Å²) in [6, 6.07) is 20.4. The Morgan fingerprint density at radius 2 is 1.83 bits per heavy atom. The van der Waals surface area contributed by atoms with Gasteiger partial charge in [0, 0.05) is 35.6 Å². The number of benzene rings is 3. The number of hydrogen-bond acceptors (Lipinski definition) is 7. The molecule has 0 aliphatic carbocycles. The van der Waals surface area contributed by atoms with Crippen molar-refractivity contribution >= 4 is 33.3 Å². The minimum Gasteiger partial charge on any atom is -0.424 e. The minimum atomic E-state index is -3.88. The quantitative estimate of drug-likeness (QED) is 0.259. The number of ether oxygens (including phenoxy) is 1. The van der Waals surface area contributed by atoms with Gasteiger partial charge < -0.3 is 20.7 Å². The Morgan fingerprint density at radius 3 is 2.54 bits per heavy atom. The Bertz CT molecular complexity index is 1340. The summed E-state index contributed by atoms with van der Waals surface area (Å²) in [7, 11) is -3.88. The van der Waals surface area contributed by atoms with Gasteiger partial charge in [-0.15, -0.1) is 0 Å². The fourth-order valence-corrected chi connectivity index (χ4v) is 4.65. The summed E-state index contributed by atoms with van der Waals surface area (Å²) < 4.78 is 29.4. The third kappa shape index (κ3) is 5.77. The van der Waals surface area contributed by atoms with Crippen LogP contribution in [0.2, 0.25) is 0 Å². The monoisotopic (exact) mass is 494 g/mol. The van der Waals surface area contributed by atoms with Crippen LogP contribution in [0, 0.1) is 5.41 Å². The minimum absolute atomic E-state index is 0.0267. The molecule has 0 bridgehead atoms. The zero-order valence-corrected chi connectivity index (χ0v) is 19.6. The number of rotatable bonds is 6. The van der Waals surface area contributed by atoms with Gasteiger partial charge in [-0.1, -0.05) is 42.5 Å². The number of piperazine rings is 1. The van der Waals surface area contributed by atoms with Gasteiger partial charge in [0.05, 0.1) is 11.4 Å². The number of carbonyl (C=O) groups excluding carboxylic acids is 1. The highest BCUT2D eigenvalue weighted by Gasteiger charge is 2.26. The zero-order chi connectivity index (χ0) is 25.0. The Balaban J connectivity index is 1.46. The van der Waals surface area contributed by atoms with Crippen molar-refractivity contribution in [2.45, 2.75) is 11.1 Å². The summed E-state index contributed by atoms with van der Waals surface area (Å²) in [5.74, 6) is -0.0349. The first kappa shape index (κ1) is 24.2. The molecule has 1 aliphatic heterocycles. The van der Waals surface area contributed by atoms with Gasteiger partial charge in [-0.25, -0.2) is 18.4 Å². The maximum Gasteiger partial charge on any atom is 0.413 e. The molecule has 1 amide bonds. The van der Waals surface area contributed by atoms with Crippen molar-refractivity contribution in [3.63, 3.8) is 0 Å². The molecule has 10 nitrogen and oxygen atoms in total. The van der Waals surface area contributed by atoms with Crippen molar-refractivity contribution in [3.8, 4) is 11.1 Å². The number of nitrogens with zero attached hydrogens (tertiary/aromatic N) is 1. The van der Waals surface area contributed by atoms with Crippen molar-refractivity contribution in [1.82, 2.24) is 5.32 Å². The van der Waals surface area contributed by atoms with Crippen molar-refractivity contribution in [2.75, 3.05) is 29.9 Å². The lowest BCUT2D eigenvalue weighted by Crippen LogP contribution is -2.53. The maximum atomic E-state index is 12.6. The lowest BCUT2D eigenvalue weighted by Gasteiger charge is -2.37. The van der Waals surface area contributed by atoms with Crippen LogP contribution in [0.1, 0.15) is 5.56 Å². The molecule has 3 aromatic carbocycles. The molecule has 0 aromatic heterocycles. The second kappa shape index (κ2) is 10.1. The van der Waals surface area contributed by atoms with Crippen LogP contribution in [0.25, 0.3) is 11.1 Å². The summed E-state index contributed by atoms with van der Waals surface area (Å²) in [4.78, 5) is 14.6. The second-order valence-corrected chi connectivity index (χ2v) is 9.49. The Hall–Kier alpha value is -3.93. The number of amidine groups is 1. The number of amides is 1. The SMILES string of the molecule is N=C(N)c1cccc(N2CCNCC2OC(=O)Nc2ccc(-c3ccccc3S(N)(=O)=O)cc2)c1. The number of hydrogen-bond donors (Lipinski definition) is 5. The number of nitrogens with two attached hydrogens (primary N) is 2. The van der Waals surface area contributed by atoms with Gasteiger partial charge in [0.2, 0.25) is 10.0 Å². The molecule has 1 aliphatic rings. The molecule has 1 fully saturated rings. The molecular formula is C24H26N6O4S. The molecule has 1 heterocycles. The standard InChI is InChI=1S/C24H26N6O4S/c25-23(26)17-4-3-5-19(14-17)30-13-12-28-15-22(30)34-24(31)29-18-10-8-16(9-11-18)20-6-1-2-7-21(20)35(27,32)33/h1-11,14,22,28H,12-13,15H2,(H3,25,26)(H,29,31)(H2,27,32,33). The van der Waals surface area contributed by atoms with Gasteiger partial charge in [0.15, 0.2) is 6.23 Å². The van der Waals surface area contributed by atoms with Crippen LogP contribution in [0.3, 0.4) is 0 Å². The van der Waals surface area contributed by atoms with E-state index in [1.54, 1.807) is 60.7 Å². The van der Waals surface area contributed by atoms with Crippen molar-refractivity contribution in [3.05, 3.63) is 78.4 Å². The summed E-state index contributed by atoms with van der Waals surface area (Å²) >= 11 is 0. The molecule has 3 aromatic rings. The van der Waals surface area contributed by atoms with E-state index in [9.17, 15) is 13.2 Å². The van der Waals surface area contributed by atoms with E-state index in [1.165, 1.54) is 6.07 Å². The third-order valence-corrected chi connectivity index (χ3v) is 6.53. The van der Waals surface area contributed by atoms with Gasteiger partial charge in [-0.05, 0) is 35.9 Å². The topological polar surface area (TPSA) is 164 Å². The van der Waals surface area contributed by atoms with Crippen molar-refractivity contribution in [2.24, 2.45) is 10.9 Å². The smallest absolute Gasteiger partial charge is 0.413 e. The maximum absolute atomic E-state index is 12.6. The molecular weight excluding hydrogens is 468 g/mol. The average Bonchev–Trinajstić information content (AvgIpc) is 2.84. The Kier molecular flexibility index (Phi) is 7.01. The van der Waals surface area contributed by atoms with E-state index >= 15 is 0 Å². The highest BCUT2D eigenvalue weighted by molar-refractivity contribution is 7.89. The van der Waals surface area contributed by atoms with Crippen LogP contribution in [-0.2, 0) is 14.8 Å². The summed E-state index contributed by atoms with van der Waals surface area (Å²) in [6.07, 6.45) is -1.20. The average molecular weight is 495 g/mol. The van der Waals surface area contributed by atoms with Gasteiger partial charge in [-0.2, -0.15) is 0 Å². The lowest BCUT2D eigenvalue weighted by molar-refractivity contribution is 0.0995. The van der Waals surface area contributed by atoms with Crippen LogP contribution in [0.5, 0.6) is 0 Å². The van der Waals surface area contributed by atoms with Gasteiger partial charge in [-0.3, -0.25) is 10.7 Å². The van der Waals surface area contributed by atoms with Gasteiger partial charge in [0.25, 0.3) is 0 Å². The fourth-order valence-electron chi connectivity index (χ4n) is 3.89. The number of nitrogen functional groups attached to an aromatic ring is 1. The fraction of sp³-hybridized carbons (Fsp3) is 0.167.